The van der Waals surface area contributed by atoms with E-state index in [2.05, 4.69) is 4.90 Å². The minimum atomic E-state index is -3.62. The zero-order valence-corrected chi connectivity index (χ0v) is 21.3. The molecule has 0 unspecified atom stereocenters. The highest BCUT2D eigenvalue weighted by molar-refractivity contribution is 7.90. The average molecular weight is 525 g/mol. The lowest BCUT2D eigenvalue weighted by molar-refractivity contribution is 0.0298. The predicted octanol–water partition coefficient (Wildman–Crippen LogP) is 3.23. The molecule has 0 spiro atoms. The van der Waals surface area contributed by atoms with Gasteiger partial charge in [-0.25, -0.2) is 17.5 Å². The fourth-order valence-electron chi connectivity index (χ4n) is 5.40. The van der Waals surface area contributed by atoms with Crippen molar-refractivity contribution in [2.24, 2.45) is 0 Å². The molecule has 2 saturated heterocycles. The van der Waals surface area contributed by atoms with Gasteiger partial charge in [0.25, 0.3) is 5.91 Å². The summed E-state index contributed by atoms with van der Waals surface area (Å²) in [6.07, 6.45) is 0.435. The zero-order chi connectivity index (χ0) is 25.6. The van der Waals surface area contributed by atoms with Crippen molar-refractivity contribution in [2.45, 2.75) is 36.2 Å². The Hall–Kier alpha value is -3.08. The number of carbonyl (C=O) groups is 1. The minimum Gasteiger partial charge on any atom is -0.378 e. The number of benzene rings is 2. The Morgan fingerprint density at radius 3 is 2.43 bits per heavy atom. The number of carbonyl (C=O) groups excluding carboxylic acids is 1. The van der Waals surface area contributed by atoms with Gasteiger partial charge < -0.3 is 9.64 Å². The van der Waals surface area contributed by atoms with E-state index in [0.717, 1.165) is 30.9 Å². The van der Waals surface area contributed by atoms with Gasteiger partial charge in [-0.15, -0.1) is 0 Å². The maximum absolute atomic E-state index is 13.5. The number of hydrogen-bond donors (Lipinski definition) is 0. The third kappa shape index (κ3) is 4.58. The lowest BCUT2D eigenvalue weighted by atomic mass is 10.0. The maximum atomic E-state index is 13.5. The molecule has 0 saturated carbocycles. The van der Waals surface area contributed by atoms with E-state index in [1.54, 1.807) is 33.8 Å². The molecule has 1 aromatic heterocycles. The third-order valence-corrected chi connectivity index (χ3v) is 9.10. The summed E-state index contributed by atoms with van der Waals surface area (Å²) in [5.41, 5.74) is 3.66. The van der Waals surface area contributed by atoms with Gasteiger partial charge in [0.15, 0.2) is 15.5 Å². The molecule has 4 heterocycles. The summed E-state index contributed by atoms with van der Waals surface area (Å²) >= 11 is 0. The van der Waals surface area contributed by atoms with Crippen LogP contribution in [-0.2, 0) is 26.9 Å². The van der Waals surface area contributed by atoms with Gasteiger partial charge in [0, 0.05) is 43.9 Å². The molecule has 3 aliphatic heterocycles. The van der Waals surface area contributed by atoms with Gasteiger partial charge >= 0.3 is 0 Å². The number of nitrogens with zero attached hydrogens (tertiary/aromatic N) is 4. The first-order valence-electron chi connectivity index (χ1n) is 12.7. The molecule has 0 aliphatic carbocycles. The Kier molecular flexibility index (Phi) is 6.34. The molecule has 0 atom stereocenters. The van der Waals surface area contributed by atoms with Crippen LogP contribution < -0.4 is 0 Å². The Labute approximate surface area is 215 Å². The van der Waals surface area contributed by atoms with E-state index in [1.807, 2.05) is 24.3 Å². The highest BCUT2D eigenvalue weighted by Crippen LogP contribution is 2.40. The van der Waals surface area contributed by atoms with E-state index < -0.39 is 16.0 Å². The van der Waals surface area contributed by atoms with E-state index in [4.69, 9.17) is 9.84 Å². The molecular weight excluding hydrogens is 495 g/mol. The van der Waals surface area contributed by atoms with Crippen molar-refractivity contribution in [2.75, 3.05) is 39.4 Å². The normalized spacial score (nSPS) is 19.9. The Morgan fingerprint density at radius 2 is 1.70 bits per heavy atom. The summed E-state index contributed by atoms with van der Waals surface area (Å²) in [5.74, 6) is -0.548. The SMILES string of the molecule is O=C(c1nn(-c2ccc(CN3CCC(F)CC3)cc2)c2c1CS(=O)(=O)c1ccccc1-2)N1CCOCC1. The van der Waals surface area contributed by atoms with Crippen LogP contribution >= 0.6 is 0 Å². The number of fused-ring (bicyclic) bond motifs is 3. The first-order chi connectivity index (χ1) is 17.9. The smallest absolute Gasteiger partial charge is 0.274 e. The van der Waals surface area contributed by atoms with Crippen LogP contribution in [0.25, 0.3) is 16.9 Å². The van der Waals surface area contributed by atoms with E-state index in [0.29, 0.717) is 56.0 Å². The summed E-state index contributed by atoms with van der Waals surface area (Å²) in [4.78, 5) is 17.7. The van der Waals surface area contributed by atoms with Crippen LogP contribution in [0, 0.1) is 0 Å². The van der Waals surface area contributed by atoms with E-state index in [9.17, 15) is 17.6 Å². The van der Waals surface area contributed by atoms with Crippen LogP contribution in [0.15, 0.2) is 53.4 Å². The van der Waals surface area contributed by atoms with Crippen molar-refractivity contribution in [1.29, 1.82) is 0 Å². The second kappa shape index (κ2) is 9.66. The first kappa shape index (κ1) is 24.3. The first-order valence-corrected chi connectivity index (χ1v) is 14.3. The van der Waals surface area contributed by atoms with Crippen molar-refractivity contribution in [3.8, 4) is 16.9 Å². The van der Waals surface area contributed by atoms with Crippen molar-refractivity contribution >= 4 is 15.7 Å². The van der Waals surface area contributed by atoms with Crippen LogP contribution in [0.3, 0.4) is 0 Å². The Morgan fingerprint density at radius 1 is 1.00 bits per heavy atom. The van der Waals surface area contributed by atoms with Gasteiger partial charge in [0.1, 0.15) is 6.17 Å². The van der Waals surface area contributed by atoms with E-state index >= 15 is 0 Å². The summed E-state index contributed by atoms with van der Waals surface area (Å²) in [6, 6.07) is 14.8. The van der Waals surface area contributed by atoms with Crippen LogP contribution in [0.1, 0.15) is 34.5 Å². The summed E-state index contributed by atoms with van der Waals surface area (Å²) in [6.45, 7) is 4.00. The topological polar surface area (TPSA) is 84.7 Å². The third-order valence-electron chi connectivity index (χ3n) is 7.40. The predicted molar refractivity (Wildman–Crippen MR) is 136 cm³/mol. The number of ether oxygens (including phenoxy) is 1. The molecule has 194 valence electrons. The van der Waals surface area contributed by atoms with Crippen LogP contribution in [0.2, 0.25) is 0 Å². The largest absolute Gasteiger partial charge is 0.378 e. The van der Waals surface area contributed by atoms with Crippen LogP contribution in [-0.4, -0.2) is 79.5 Å². The number of aromatic nitrogens is 2. The molecule has 1 amide bonds. The number of amides is 1. The average Bonchev–Trinajstić information content (AvgIpc) is 3.29. The Balaban J connectivity index is 1.40. The lowest BCUT2D eigenvalue weighted by Gasteiger charge is -2.28. The van der Waals surface area contributed by atoms with Crippen molar-refractivity contribution in [3.05, 3.63) is 65.4 Å². The molecule has 2 fully saturated rings. The molecule has 6 rings (SSSR count). The number of hydrogen-bond acceptors (Lipinski definition) is 6. The van der Waals surface area contributed by atoms with Crippen LogP contribution in [0.5, 0.6) is 0 Å². The fraction of sp³-hybridized carbons (Fsp3) is 0.407. The lowest BCUT2D eigenvalue weighted by Crippen LogP contribution is -2.41. The van der Waals surface area contributed by atoms with E-state index in [-0.39, 0.29) is 22.2 Å². The van der Waals surface area contributed by atoms with Crippen molar-refractivity contribution < 1.29 is 22.3 Å². The van der Waals surface area contributed by atoms with Gasteiger partial charge in [-0.2, -0.15) is 5.10 Å². The molecule has 0 N–H and O–H groups in total. The van der Waals surface area contributed by atoms with Gasteiger partial charge in [-0.1, -0.05) is 30.3 Å². The number of morpholine rings is 1. The number of sulfone groups is 1. The highest BCUT2D eigenvalue weighted by Gasteiger charge is 2.37. The Bertz CT molecular complexity index is 1420. The van der Waals surface area contributed by atoms with Gasteiger partial charge in [-0.05, 0) is 36.6 Å². The zero-order valence-electron chi connectivity index (χ0n) is 20.5. The summed E-state index contributed by atoms with van der Waals surface area (Å²) in [7, 11) is -3.62. The second-order valence-corrected chi connectivity index (χ2v) is 11.8. The molecule has 0 bridgehead atoms. The van der Waals surface area contributed by atoms with Gasteiger partial charge in [0.05, 0.1) is 35.2 Å². The maximum Gasteiger partial charge on any atom is 0.274 e. The highest BCUT2D eigenvalue weighted by atomic mass is 32.2. The number of rotatable bonds is 4. The minimum absolute atomic E-state index is 0.174. The molecule has 37 heavy (non-hydrogen) atoms. The molecule has 2 aromatic carbocycles. The van der Waals surface area contributed by atoms with Crippen molar-refractivity contribution in [3.63, 3.8) is 0 Å². The molecule has 3 aromatic rings. The van der Waals surface area contributed by atoms with Crippen molar-refractivity contribution in [1.82, 2.24) is 19.6 Å². The number of halogens is 1. The van der Waals surface area contributed by atoms with E-state index in [1.165, 1.54) is 0 Å². The monoisotopic (exact) mass is 524 g/mol. The molecule has 8 nitrogen and oxygen atoms in total. The van der Waals surface area contributed by atoms with Gasteiger partial charge in [0.2, 0.25) is 0 Å². The van der Waals surface area contributed by atoms with Crippen LogP contribution in [0.4, 0.5) is 4.39 Å². The second-order valence-electron chi connectivity index (χ2n) is 9.86. The molecule has 0 radical (unpaired) electrons. The summed E-state index contributed by atoms with van der Waals surface area (Å²) < 4.78 is 46.9. The number of alkyl halides is 1. The molecule has 10 heteroatoms. The standard InChI is InChI=1S/C27H29FN4O4S/c28-20-9-11-30(12-10-20)17-19-5-7-21(8-6-19)32-26-22-3-1-2-4-24(22)37(34,35)18-23(26)25(29-32)27(33)31-13-15-36-16-14-31/h1-8,20H,9-18H2. The fourth-order valence-corrected chi connectivity index (χ4v) is 6.99. The summed E-state index contributed by atoms with van der Waals surface area (Å²) in [5, 5.41) is 4.72. The molecular formula is C27H29FN4O4S. The molecule has 3 aliphatic rings. The number of likely N-dealkylation sites (tertiary alicyclic amines) is 1. The quantitative estimate of drug-likeness (QED) is 0.521. The number of piperidine rings is 1. The van der Waals surface area contributed by atoms with Gasteiger partial charge in [-0.3, -0.25) is 9.69 Å².